The van der Waals surface area contributed by atoms with Crippen LogP contribution in [0.15, 0.2) is 24.3 Å². The first-order valence-corrected chi connectivity index (χ1v) is 4.34. The molecule has 0 spiro atoms. The van der Waals surface area contributed by atoms with Gasteiger partial charge in [0, 0.05) is 0 Å². The lowest BCUT2D eigenvalue weighted by Gasteiger charge is -2.12. The molecule has 1 nitrogen and oxygen atoms in total. The quantitative estimate of drug-likeness (QED) is 0.561. The molecule has 0 radical (unpaired) electrons. The largest absolute Gasteiger partial charge is 0.416 e. The molecule has 0 bridgehead atoms. The Labute approximate surface area is 84.7 Å². The van der Waals surface area contributed by atoms with Crippen molar-refractivity contribution in [3.8, 4) is 0 Å². The van der Waals surface area contributed by atoms with Gasteiger partial charge in [0.25, 0.3) is 0 Å². The zero-order valence-corrected chi connectivity index (χ0v) is 7.85. The molecule has 1 aromatic rings. The number of alkyl halides is 4. The van der Waals surface area contributed by atoms with Crippen LogP contribution in [-0.4, -0.2) is 13.3 Å². The molecule has 5 heteroatoms. The number of ether oxygens (including phenoxy) is 1. The van der Waals surface area contributed by atoms with Crippen molar-refractivity contribution in [1.82, 2.24) is 0 Å². The van der Waals surface area contributed by atoms with E-state index < -0.39 is 18.4 Å². The van der Waals surface area contributed by atoms with E-state index >= 15 is 0 Å². The van der Waals surface area contributed by atoms with Crippen molar-refractivity contribution < 1.29 is 22.3 Å². The Kier molecular flexibility index (Phi) is 4.08. The van der Waals surface area contributed by atoms with Crippen LogP contribution < -0.4 is 0 Å². The Hall–Kier alpha value is -1.10. The van der Waals surface area contributed by atoms with E-state index in [9.17, 15) is 17.6 Å². The minimum atomic E-state index is -4.39. The van der Waals surface area contributed by atoms with Crippen molar-refractivity contribution in [2.45, 2.75) is 12.8 Å². The van der Waals surface area contributed by atoms with Crippen molar-refractivity contribution in [2.24, 2.45) is 0 Å². The summed E-state index contributed by atoms with van der Waals surface area (Å²) in [6.45, 7) is -1.11. The molecule has 1 aromatic carbocycles. The molecule has 0 saturated carbocycles. The Balaban J connectivity index is 2.78. The lowest BCUT2D eigenvalue weighted by molar-refractivity contribution is -0.138. The van der Waals surface area contributed by atoms with Gasteiger partial charge in [-0.2, -0.15) is 13.2 Å². The Morgan fingerprint density at radius 2 is 1.80 bits per heavy atom. The van der Waals surface area contributed by atoms with Crippen LogP contribution in [0.2, 0.25) is 0 Å². The first-order valence-electron chi connectivity index (χ1n) is 4.34. The van der Waals surface area contributed by atoms with Crippen LogP contribution in [-0.2, 0) is 17.5 Å². The van der Waals surface area contributed by atoms with E-state index in [1.165, 1.54) is 18.2 Å². The number of benzene rings is 1. The predicted molar refractivity (Wildman–Crippen MR) is 47.1 cm³/mol. The maximum absolute atomic E-state index is 12.4. The van der Waals surface area contributed by atoms with Gasteiger partial charge >= 0.3 is 6.18 Å². The summed E-state index contributed by atoms with van der Waals surface area (Å²) in [5, 5.41) is 0. The van der Waals surface area contributed by atoms with Gasteiger partial charge in [0.05, 0.1) is 18.8 Å². The van der Waals surface area contributed by atoms with E-state index in [-0.39, 0.29) is 18.8 Å². The van der Waals surface area contributed by atoms with E-state index in [4.69, 9.17) is 4.74 Å². The van der Waals surface area contributed by atoms with Crippen LogP contribution in [0.25, 0.3) is 0 Å². The van der Waals surface area contributed by atoms with Gasteiger partial charge in [-0.25, -0.2) is 4.39 Å². The topological polar surface area (TPSA) is 9.23 Å². The van der Waals surface area contributed by atoms with Gasteiger partial charge in [-0.05, 0) is 11.6 Å². The van der Waals surface area contributed by atoms with Crippen LogP contribution in [0.3, 0.4) is 0 Å². The molecule has 0 aliphatic rings. The normalized spacial score (nSPS) is 11.7. The first-order chi connectivity index (χ1) is 7.05. The van der Waals surface area contributed by atoms with E-state index in [2.05, 4.69) is 0 Å². The van der Waals surface area contributed by atoms with E-state index in [0.717, 1.165) is 6.07 Å². The van der Waals surface area contributed by atoms with Crippen LogP contribution in [0.1, 0.15) is 11.1 Å². The Bertz CT molecular complexity index is 309. The molecule has 84 valence electrons. The highest BCUT2D eigenvalue weighted by Gasteiger charge is 2.32. The Morgan fingerprint density at radius 3 is 2.40 bits per heavy atom. The molecule has 0 heterocycles. The van der Waals surface area contributed by atoms with Gasteiger partial charge in [-0.15, -0.1) is 0 Å². The van der Waals surface area contributed by atoms with Crippen molar-refractivity contribution in [3.05, 3.63) is 35.4 Å². The maximum Gasteiger partial charge on any atom is 0.416 e. The summed E-state index contributed by atoms with van der Waals surface area (Å²) in [7, 11) is 0. The van der Waals surface area contributed by atoms with Gasteiger partial charge in [0.1, 0.15) is 6.67 Å². The van der Waals surface area contributed by atoms with E-state index in [1.807, 2.05) is 0 Å². The lowest BCUT2D eigenvalue weighted by atomic mass is 10.1. The monoisotopic (exact) mass is 222 g/mol. The first kappa shape index (κ1) is 12.0. The molecule has 0 N–H and O–H groups in total. The zero-order valence-electron chi connectivity index (χ0n) is 7.85. The summed E-state index contributed by atoms with van der Waals surface area (Å²) in [5.74, 6) is 0. The average Bonchev–Trinajstić information content (AvgIpc) is 2.17. The summed E-state index contributed by atoms with van der Waals surface area (Å²) in [6, 6.07) is 5.10. The summed E-state index contributed by atoms with van der Waals surface area (Å²) in [6.07, 6.45) is -4.39. The summed E-state index contributed by atoms with van der Waals surface area (Å²) < 4.78 is 53.7. The van der Waals surface area contributed by atoms with Gasteiger partial charge in [0.15, 0.2) is 0 Å². The molecule has 0 unspecified atom stereocenters. The predicted octanol–water partition coefficient (Wildman–Crippen LogP) is 3.19. The number of rotatable bonds is 4. The van der Waals surface area contributed by atoms with Gasteiger partial charge in [-0.1, -0.05) is 18.2 Å². The van der Waals surface area contributed by atoms with Crippen molar-refractivity contribution in [3.63, 3.8) is 0 Å². The zero-order chi connectivity index (χ0) is 11.3. The third-order valence-electron chi connectivity index (χ3n) is 1.80. The fourth-order valence-corrected chi connectivity index (χ4v) is 1.16. The standard InChI is InChI=1S/C10H10F4O/c11-5-6-15-7-8-3-1-2-4-9(8)10(12,13)14/h1-4H,5-7H2. The fourth-order valence-electron chi connectivity index (χ4n) is 1.16. The minimum Gasteiger partial charge on any atom is -0.374 e. The van der Waals surface area contributed by atoms with Crippen LogP contribution >= 0.6 is 0 Å². The van der Waals surface area contributed by atoms with E-state index in [1.54, 1.807) is 0 Å². The molecule has 0 saturated heterocycles. The second-order valence-corrected chi connectivity index (χ2v) is 2.90. The highest BCUT2D eigenvalue weighted by atomic mass is 19.4. The molecular formula is C10H10F4O. The van der Waals surface area contributed by atoms with Crippen LogP contribution in [0.4, 0.5) is 17.6 Å². The van der Waals surface area contributed by atoms with Crippen LogP contribution in [0.5, 0.6) is 0 Å². The summed E-state index contributed by atoms with van der Waals surface area (Å²) >= 11 is 0. The molecule has 0 atom stereocenters. The molecule has 1 rings (SSSR count). The summed E-state index contributed by atoms with van der Waals surface area (Å²) in [5.41, 5.74) is -0.706. The summed E-state index contributed by atoms with van der Waals surface area (Å²) in [4.78, 5) is 0. The minimum absolute atomic E-state index is 0.0263. The smallest absolute Gasteiger partial charge is 0.374 e. The lowest BCUT2D eigenvalue weighted by Crippen LogP contribution is -2.10. The number of halogens is 4. The third kappa shape index (κ3) is 3.51. The number of hydrogen-bond donors (Lipinski definition) is 0. The van der Waals surface area contributed by atoms with Crippen molar-refractivity contribution in [1.29, 1.82) is 0 Å². The fraction of sp³-hybridized carbons (Fsp3) is 0.400. The van der Waals surface area contributed by atoms with E-state index in [0.29, 0.717) is 0 Å². The second kappa shape index (κ2) is 5.11. The maximum atomic E-state index is 12.4. The highest BCUT2D eigenvalue weighted by Crippen LogP contribution is 2.31. The number of hydrogen-bond acceptors (Lipinski definition) is 1. The molecular weight excluding hydrogens is 212 g/mol. The molecule has 0 aliphatic heterocycles. The molecule has 0 aliphatic carbocycles. The molecule has 15 heavy (non-hydrogen) atoms. The van der Waals surface area contributed by atoms with Gasteiger partial charge in [-0.3, -0.25) is 0 Å². The SMILES string of the molecule is FCCOCc1ccccc1C(F)(F)F. The molecule has 0 amide bonds. The van der Waals surface area contributed by atoms with Gasteiger partial charge < -0.3 is 4.74 Å². The molecule has 0 fully saturated rings. The molecule has 0 aromatic heterocycles. The van der Waals surface area contributed by atoms with Crippen LogP contribution in [0, 0.1) is 0 Å². The van der Waals surface area contributed by atoms with Crippen molar-refractivity contribution >= 4 is 0 Å². The third-order valence-corrected chi connectivity index (χ3v) is 1.80. The van der Waals surface area contributed by atoms with Gasteiger partial charge in [0.2, 0.25) is 0 Å². The second-order valence-electron chi connectivity index (χ2n) is 2.90. The van der Waals surface area contributed by atoms with Crippen molar-refractivity contribution in [2.75, 3.05) is 13.3 Å². The Morgan fingerprint density at radius 1 is 1.13 bits per heavy atom. The highest BCUT2D eigenvalue weighted by molar-refractivity contribution is 5.28. The average molecular weight is 222 g/mol.